The van der Waals surface area contributed by atoms with Crippen LogP contribution in [0.3, 0.4) is 0 Å². The highest BCUT2D eigenvalue weighted by Gasteiger charge is 2.66. The molecule has 4 aromatic carbocycles. The molecule has 2 fully saturated rings. The minimum Gasteiger partial charge on any atom is -0.459 e. The van der Waals surface area contributed by atoms with E-state index in [2.05, 4.69) is 12.7 Å². The molecule has 2 aliphatic heterocycles. The van der Waals surface area contributed by atoms with E-state index >= 15 is 4.79 Å². The van der Waals surface area contributed by atoms with E-state index in [9.17, 15) is 15.0 Å². The SMILES string of the molecule is C=CCO[C@@]12Oc3ccc(Oc4cccc(C=O)c4)cc3[C@H]3[C@H](CCCCO)[C@@H](CCCCO)C=C(C(=NOCc4ccccc4)C[C@@H]1N(Cc1ccc4c(c1)OCO4)C(=O)C1CC1)[C@H]32. The van der Waals surface area contributed by atoms with E-state index in [0.29, 0.717) is 47.2 Å². The first-order chi connectivity index (χ1) is 31.9. The molecule has 2 N–H and O–H groups in total. The lowest BCUT2D eigenvalue weighted by Gasteiger charge is -2.60. The van der Waals surface area contributed by atoms with Gasteiger partial charge in [0.05, 0.1) is 18.2 Å². The number of aldehydes is 1. The quantitative estimate of drug-likeness (QED) is 0.0360. The Morgan fingerprint density at radius 3 is 2.43 bits per heavy atom. The Balaban J connectivity index is 1.23. The van der Waals surface area contributed by atoms with Gasteiger partial charge < -0.3 is 43.6 Å². The Morgan fingerprint density at radius 1 is 0.862 bits per heavy atom. The molecule has 0 bridgehead atoms. The van der Waals surface area contributed by atoms with Gasteiger partial charge in [-0.05, 0) is 110 Å². The fraction of sp³-hybridized carbons (Fsp3) is 0.415. The number of hydrogen-bond acceptors (Lipinski definition) is 11. The highest BCUT2D eigenvalue weighted by molar-refractivity contribution is 6.03. The monoisotopic (exact) mass is 882 g/mol. The summed E-state index contributed by atoms with van der Waals surface area (Å²) in [6.07, 6.45) is 11.3. The van der Waals surface area contributed by atoms with Gasteiger partial charge in [0.15, 0.2) is 11.5 Å². The molecule has 4 aromatic rings. The minimum absolute atomic E-state index is 0.0238. The van der Waals surface area contributed by atoms with Crippen molar-refractivity contribution in [2.75, 3.05) is 26.6 Å². The molecule has 0 radical (unpaired) electrons. The Bertz CT molecular complexity index is 2400. The van der Waals surface area contributed by atoms with E-state index in [4.69, 9.17) is 33.7 Å². The number of unbranched alkanes of at least 4 members (excludes halogenated alkanes) is 2. The summed E-state index contributed by atoms with van der Waals surface area (Å²) >= 11 is 0. The predicted octanol–water partition coefficient (Wildman–Crippen LogP) is 9.29. The average molecular weight is 883 g/mol. The number of aliphatic hydroxyl groups is 2. The number of oxime groups is 1. The van der Waals surface area contributed by atoms with Crippen LogP contribution in [0.25, 0.3) is 0 Å². The van der Waals surface area contributed by atoms with Gasteiger partial charge >= 0.3 is 0 Å². The highest BCUT2D eigenvalue weighted by atomic mass is 16.7. The van der Waals surface area contributed by atoms with Gasteiger partial charge in [0.25, 0.3) is 0 Å². The highest BCUT2D eigenvalue weighted by Crippen LogP contribution is 2.62. The fourth-order valence-corrected chi connectivity index (χ4v) is 10.4. The van der Waals surface area contributed by atoms with Crippen molar-refractivity contribution < 1.29 is 48.3 Å². The van der Waals surface area contributed by atoms with E-state index in [0.717, 1.165) is 72.8 Å². The van der Waals surface area contributed by atoms with Gasteiger partial charge in [0, 0.05) is 49.1 Å². The Kier molecular flexibility index (Phi) is 13.7. The van der Waals surface area contributed by atoms with E-state index in [1.165, 1.54) is 0 Å². The molecule has 2 saturated carbocycles. The zero-order valence-electron chi connectivity index (χ0n) is 36.7. The summed E-state index contributed by atoms with van der Waals surface area (Å²) in [6.45, 7) is 5.06. The molecule has 12 nitrogen and oxygen atoms in total. The molecule has 65 heavy (non-hydrogen) atoms. The first-order valence-corrected chi connectivity index (χ1v) is 23.1. The molecule has 0 saturated heterocycles. The van der Waals surface area contributed by atoms with Crippen LogP contribution in [0.2, 0.25) is 0 Å². The predicted molar refractivity (Wildman–Crippen MR) is 244 cm³/mol. The van der Waals surface area contributed by atoms with Crippen molar-refractivity contribution in [3.8, 4) is 28.7 Å². The number of amides is 1. The Hall–Kier alpha value is -5.95. The molecule has 1 amide bonds. The molecule has 12 heteroatoms. The third-order valence-electron chi connectivity index (χ3n) is 13.5. The van der Waals surface area contributed by atoms with Gasteiger partial charge in [-0.25, -0.2) is 0 Å². The lowest BCUT2D eigenvalue weighted by atomic mass is 9.55. The second-order valence-corrected chi connectivity index (χ2v) is 17.8. The van der Waals surface area contributed by atoms with Gasteiger partial charge in [0.2, 0.25) is 18.5 Å². The second kappa shape index (κ2) is 20.1. The normalized spacial score (nSPS) is 24.2. The first-order valence-electron chi connectivity index (χ1n) is 23.1. The minimum atomic E-state index is -1.41. The summed E-state index contributed by atoms with van der Waals surface area (Å²) in [7, 11) is 0. The van der Waals surface area contributed by atoms with Crippen LogP contribution in [0.5, 0.6) is 28.7 Å². The molecule has 0 aromatic heterocycles. The maximum Gasteiger partial charge on any atom is 0.239 e. The zero-order valence-corrected chi connectivity index (χ0v) is 36.7. The number of ether oxygens (including phenoxy) is 5. The maximum absolute atomic E-state index is 15.0. The van der Waals surface area contributed by atoms with Crippen LogP contribution in [0.4, 0.5) is 0 Å². The van der Waals surface area contributed by atoms with Gasteiger partial charge in [-0.2, -0.15) is 0 Å². The van der Waals surface area contributed by atoms with E-state index in [-0.39, 0.29) is 75.8 Å². The number of fused-ring (bicyclic) bond motifs is 3. The van der Waals surface area contributed by atoms with Crippen molar-refractivity contribution in [1.82, 2.24) is 4.90 Å². The number of hydrogen-bond donors (Lipinski definition) is 2. The van der Waals surface area contributed by atoms with Crippen LogP contribution in [-0.2, 0) is 27.5 Å². The summed E-state index contributed by atoms with van der Waals surface area (Å²) in [5.41, 5.74) is 4.97. The second-order valence-electron chi connectivity index (χ2n) is 17.8. The van der Waals surface area contributed by atoms with Crippen molar-refractivity contribution in [1.29, 1.82) is 0 Å². The van der Waals surface area contributed by atoms with Crippen LogP contribution in [0.15, 0.2) is 120 Å². The third kappa shape index (κ3) is 9.43. The number of benzene rings is 4. The van der Waals surface area contributed by atoms with Crippen LogP contribution in [0, 0.1) is 23.7 Å². The number of carbonyl (C=O) groups is 2. The van der Waals surface area contributed by atoms with E-state index in [1.54, 1.807) is 24.3 Å². The Morgan fingerprint density at radius 2 is 1.65 bits per heavy atom. The van der Waals surface area contributed by atoms with Crippen molar-refractivity contribution >= 4 is 17.9 Å². The summed E-state index contributed by atoms with van der Waals surface area (Å²) in [5, 5.41) is 25.0. The summed E-state index contributed by atoms with van der Waals surface area (Å²) in [4.78, 5) is 35.0. The lowest BCUT2D eigenvalue weighted by Crippen LogP contribution is -2.70. The van der Waals surface area contributed by atoms with Crippen LogP contribution in [-0.4, -0.2) is 71.5 Å². The first kappa shape index (κ1) is 44.3. The van der Waals surface area contributed by atoms with Gasteiger partial charge in [0.1, 0.15) is 36.2 Å². The molecule has 5 aliphatic rings. The number of aliphatic hydroxyl groups excluding tert-OH is 2. The van der Waals surface area contributed by atoms with Crippen molar-refractivity contribution in [3.05, 3.63) is 138 Å². The Labute approximate surface area is 380 Å². The fourth-order valence-electron chi connectivity index (χ4n) is 10.4. The number of carbonyl (C=O) groups excluding carboxylic acids is 2. The number of rotatable bonds is 21. The zero-order chi connectivity index (χ0) is 44.8. The molecule has 2 heterocycles. The van der Waals surface area contributed by atoms with Crippen LogP contribution < -0.4 is 18.9 Å². The molecule has 6 atom stereocenters. The maximum atomic E-state index is 15.0. The van der Waals surface area contributed by atoms with E-state index < -0.39 is 17.7 Å². The van der Waals surface area contributed by atoms with Crippen molar-refractivity contribution in [2.24, 2.45) is 28.8 Å². The molecule has 3 aliphatic carbocycles. The topological polar surface area (TPSA) is 146 Å². The molecule has 0 unspecified atom stereocenters. The van der Waals surface area contributed by atoms with Gasteiger partial charge in [-0.1, -0.05) is 78.7 Å². The summed E-state index contributed by atoms with van der Waals surface area (Å²) < 4.78 is 32.6. The summed E-state index contributed by atoms with van der Waals surface area (Å²) in [5.74, 6) is 0.869. The average Bonchev–Trinajstić information content (AvgIpc) is 4.08. The van der Waals surface area contributed by atoms with Crippen molar-refractivity contribution in [3.63, 3.8) is 0 Å². The standard InChI is InChI=1S/C53H58N2O10/c1-2-25-62-53-49(55(52(59)38-18-19-38)31-36-17-21-47-48(27-36)61-34-60-47)30-45(54-63-33-35-11-4-3-5-12-35)43-28-39(14-6-8-23-56)42(16-7-9-24-57)50(51(43)53)44-29-41(20-22-46(44)65-53)64-40-15-10-13-37(26-40)32-58/h2-5,10-13,15,17,20-22,26-29,32,38-39,42,49-51,56-57H,1,6-9,14,16,18-19,23-25,30-31,33-34H2/t39-,42+,49-,50+,51+,53+/m0/s1. The largest absolute Gasteiger partial charge is 0.459 e. The lowest BCUT2D eigenvalue weighted by molar-refractivity contribution is -0.258. The summed E-state index contributed by atoms with van der Waals surface area (Å²) in [6, 6.07) is 28.0. The van der Waals surface area contributed by atoms with E-state index in [1.807, 2.05) is 77.7 Å². The third-order valence-corrected chi connectivity index (χ3v) is 13.5. The van der Waals surface area contributed by atoms with Crippen molar-refractivity contribution in [2.45, 2.75) is 88.7 Å². The van der Waals surface area contributed by atoms with Crippen LogP contribution >= 0.6 is 0 Å². The van der Waals surface area contributed by atoms with Gasteiger partial charge in [-0.3, -0.25) is 9.59 Å². The number of allylic oxidation sites excluding steroid dienone is 1. The molecule has 9 rings (SSSR count). The number of nitrogens with zero attached hydrogens (tertiary/aromatic N) is 2. The molecular formula is C53H58N2O10. The van der Waals surface area contributed by atoms with Gasteiger partial charge in [-0.15, -0.1) is 6.58 Å². The molecular weight excluding hydrogens is 825 g/mol. The molecule has 0 spiro atoms. The smallest absolute Gasteiger partial charge is 0.239 e. The van der Waals surface area contributed by atoms with Crippen LogP contribution in [0.1, 0.15) is 90.8 Å². The molecule has 340 valence electrons.